The van der Waals surface area contributed by atoms with Crippen molar-refractivity contribution < 1.29 is 131 Å². The summed E-state index contributed by atoms with van der Waals surface area (Å²) in [5.74, 6) is -6.22. The topological polar surface area (TPSA) is 394 Å². The molecule has 36 atom stereocenters. The average Bonchev–Trinajstić information content (AvgIpc) is 1.71. The first-order valence-electron chi connectivity index (χ1n) is 44.0. The molecule has 40 heteroatoms. The number of nitrogens with one attached hydrogen (secondary N) is 3. The normalized spacial score (nSPS) is 45.7. The second-order valence-corrected chi connectivity index (χ2v) is 48.9. The van der Waals surface area contributed by atoms with Gasteiger partial charge in [0.25, 0.3) is 0 Å². The van der Waals surface area contributed by atoms with Gasteiger partial charge in [0.1, 0.15) is 165 Å². The first-order chi connectivity index (χ1) is 59.5. The number of fused-ring (bicyclic) bond motifs is 9. The molecule has 732 valence electrons. The average molecular weight is 2610 g/mol. The van der Waals surface area contributed by atoms with E-state index in [9.17, 15) is 46.0 Å². The molecule has 0 radical (unpaired) electrons. The van der Waals surface area contributed by atoms with E-state index in [0.29, 0.717) is 0 Å². The van der Waals surface area contributed by atoms with Crippen LogP contribution in [-0.4, -0.2) is 374 Å². The molecule has 0 saturated carbocycles. The highest BCUT2D eigenvalue weighted by molar-refractivity contribution is 14.1. The van der Waals surface area contributed by atoms with Gasteiger partial charge in [0.15, 0.2) is 52.1 Å². The highest BCUT2D eigenvalue weighted by atomic mass is 127. The largest absolute Gasteiger partial charge is 0.388 e. The second-order valence-electron chi connectivity index (χ2n) is 40.2. The number of halogens is 7. The molecule has 0 aromatic heterocycles. The Morgan fingerprint density at radius 1 is 0.217 bits per heavy atom. The van der Waals surface area contributed by atoms with Crippen LogP contribution in [0.25, 0.3) is 0 Å². The third-order valence-corrected chi connectivity index (χ3v) is 33.0. The monoisotopic (exact) mass is 2610 g/mol. The fourth-order valence-electron chi connectivity index (χ4n) is 20.3. The van der Waals surface area contributed by atoms with E-state index in [0.717, 1.165) is 36.2 Å². The maximum absolute atomic E-state index is 11.1. The molecular weight excluding hydrogens is 2470 g/mol. The summed E-state index contributed by atoms with van der Waals surface area (Å²) in [6.45, 7) is 37.5. The molecule has 0 bridgehead atoms. The Bertz CT molecular complexity index is 3730. The summed E-state index contributed by atoms with van der Waals surface area (Å²) < 4.78 is 113. The summed E-state index contributed by atoms with van der Waals surface area (Å²) in [6, 6.07) is -2.09. The maximum Gasteiger partial charge on any atom is 0.164 e. The first kappa shape index (κ1) is 108. The summed E-state index contributed by atoms with van der Waals surface area (Å²) in [7, 11) is 11.2. The molecule has 33 nitrogen and oxygen atoms in total. The third-order valence-electron chi connectivity index (χ3n) is 26.2. The minimum Gasteiger partial charge on any atom is -0.388 e. The summed E-state index contributed by atoms with van der Waals surface area (Å²) in [6.07, 6.45) is 6.38. The smallest absolute Gasteiger partial charge is 0.164 e. The number of nitrogens with zero attached hydrogens (tertiary/aromatic N) is 3. The third kappa shape index (κ3) is 23.1. The quantitative estimate of drug-likeness (QED) is 0.0771. The molecule has 18 rings (SSSR count). The number of aliphatic hydroxyl groups excluding tert-OH is 9. The van der Waals surface area contributed by atoms with Crippen LogP contribution >= 0.6 is 158 Å². The zero-order chi connectivity index (χ0) is 95.4. The Morgan fingerprint density at radius 3 is 0.512 bits per heavy atom. The summed E-state index contributed by atoms with van der Waals surface area (Å²) in [4.78, 5) is 5.98. The molecule has 129 heavy (non-hydrogen) atoms. The standard InChI is InChI=1S/2C20H30INO6.C19H27I2NO6.3C10H16INO3/c2*1-9-7-11(13(23)17-15(9)25-19(2,3)27-17)22(6)12-8-10(21)16-18(14(12)24)28-20(4,5)26-16;1-18(2)25-14-8(20)6-10(12(23)16(14)27-18)22(5)11-7-9(21)15-17(13(11)24)28-19(3,4)26-15;3*1-10(2)14-8-5(11)4-6(12-3)7(13)9(8)15-10/h2*7-8,11-18,23-24H,1-6H3;6-7,10-17,23-24H,1-5H3;3*4,6-9,12-13H,1-3H3/t2*11-,12-,13+,14+,15+,16+,17-,18-;10-,11-,12+,13+,14+,15+,16-,17-;3*6-,7+,8+,9-/m000000/s1. The van der Waals surface area contributed by atoms with Crippen LogP contribution in [0.3, 0.4) is 0 Å². The minimum absolute atomic E-state index is 0.0596. The highest BCUT2D eigenvalue weighted by Crippen LogP contribution is 2.51. The Morgan fingerprint density at radius 2 is 0.349 bits per heavy atom. The van der Waals surface area contributed by atoms with Crippen molar-refractivity contribution in [2.24, 2.45) is 0 Å². The van der Waals surface area contributed by atoms with Crippen molar-refractivity contribution in [3.8, 4) is 0 Å². The van der Waals surface area contributed by atoms with E-state index in [1.54, 1.807) is 0 Å². The van der Waals surface area contributed by atoms with Gasteiger partial charge in [-0.1, -0.05) is 54.7 Å². The molecule has 0 aromatic rings. The molecule has 12 N–H and O–H groups in total. The van der Waals surface area contributed by atoms with Gasteiger partial charge in [-0.15, -0.1) is 0 Å². The van der Waals surface area contributed by atoms with E-state index in [-0.39, 0.29) is 128 Å². The van der Waals surface area contributed by atoms with Crippen molar-refractivity contribution in [2.75, 3.05) is 42.3 Å². The van der Waals surface area contributed by atoms with Crippen molar-refractivity contribution in [1.29, 1.82) is 0 Å². The predicted molar refractivity (Wildman–Crippen MR) is 535 cm³/mol. The summed E-state index contributed by atoms with van der Waals surface area (Å²) in [5, 5.41) is 106. The van der Waals surface area contributed by atoms with Crippen LogP contribution in [-0.2, 0) is 85.3 Å². The van der Waals surface area contributed by atoms with E-state index < -0.39 is 144 Å². The van der Waals surface area contributed by atoms with E-state index in [4.69, 9.17) is 85.3 Å². The van der Waals surface area contributed by atoms with Gasteiger partial charge in [0.05, 0.1) is 54.4 Å². The molecular formula is C89H135I7N6O27. The van der Waals surface area contributed by atoms with Gasteiger partial charge in [-0.3, -0.25) is 14.7 Å². The molecule has 0 spiro atoms. The molecule has 9 saturated heterocycles. The molecule has 9 fully saturated rings. The number of rotatable bonds is 9. The van der Waals surface area contributed by atoms with Crippen molar-refractivity contribution in [1.82, 2.24) is 30.7 Å². The second kappa shape index (κ2) is 40.6. The lowest BCUT2D eigenvalue weighted by molar-refractivity contribution is -0.161. The molecule has 0 amide bonds. The molecule has 9 aliphatic carbocycles. The SMILES string of the molecule is CC1=C[C@H](N(C)[C@H]2C=C(I)[C@H]3OC(C)(C)O[C@H]3[C@@H]2O)[C@@H](O)[C@@H]2OC(C)(C)O[C@H]12.CC1=C[C@H](N(C)[C@H]2C=C(I)[C@H]3OC(C)(C)O[C@H]3[C@@H]2O)[C@@H](O)[C@@H]2OC(C)(C)O[C@H]12.CN([C@H]1C=C(I)[C@H]2OC(C)(C)O[C@H]2[C@@H]1O)[C@H]1C=C(I)[C@H]2OC(C)(C)O[C@H]2[C@@H]1O.CN[C@H]1C=C(I)[C@H]2OC(C)(C)O[C@H]2[C@@H]1O.CN[C@H]1C=C(I)[C@H]2OC(C)(C)O[C@H]2[C@@H]1O.CN[C@H]1C=C(I)[C@H]2OC(C)(C)O[C@H]2[C@@H]1O. The molecule has 9 aliphatic heterocycles. The number of ether oxygens (including phenoxy) is 18. The van der Waals surface area contributed by atoms with Gasteiger partial charge in [-0.25, -0.2) is 0 Å². The van der Waals surface area contributed by atoms with Gasteiger partial charge < -0.3 is 147 Å². The number of hydrogen-bond donors (Lipinski definition) is 12. The zero-order valence-corrected chi connectivity index (χ0v) is 92.9. The van der Waals surface area contributed by atoms with E-state index in [2.05, 4.69) is 174 Å². The van der Waals surface area contributed by atoms with Crippen LogP contribution in [0.1, 0.15) is 138 Å². The van der Waals surface area contributed by atoms with Gasteiger partial charge in [-0.2, -0.15) is 0 Å². The van der Waals surface area contributed by atoms with Crippen molar-refractivity contribution in [3.63, 3.8) is 0 Å². The van der Waals surface area contributed by atoms with Gasteiger partial charge in [0.2, 0.25) is 0 Å². The number of aliphatic hydroxyl groups is 9. The predicted octanol–water partition coefficient (Wildman–Crippen LogP) is 7.87. The molecule has 0 unspecified atom stereocenters. The highest BCUT2D eigenvalue weighted by Gasteiger charge is 2.62. The maximum atomic E-state index is 11.1. The fraction of sp³-hybridized carbons (Fsp3) is 0.798. The van der Waals surface area contributed by atoms with Crippen LogP contribution in [0, 0.1) is 0 Å². The van der Waals surface area contributed by atoms with Crippen molar-refractivity contribution in [2.45, 2.75) is 410 Å². The van der Waals surface area contributed by atoms with Crippen LogP contribution < -0.4 is 16.0 Å². The van der Waals surface area contributed by atoms with Crippen molar-refractivity contribution >= 4 is 158 Å². The van der Waals surface area contributed by atoms with E-state index in [1.807, 2.05) is 250 Å². The molecule has 0 aromatic carbocycles. The molecule has 9 heterocycles. The van der Waals surface area contributed by atoms with Gasteiger partial charge >= 0.3 is 0 Å². The lowest BCUT2D eigenvalue weighted by atomic mass is 9.85. The van der Waals surface area contributed by atoms with E-state index >= 15 is 0 Å². The molecule has 18 aliphatic rings. The van der Waals surface area contributed by atoms with Crippen molar-refractivity contribution in [3.05, 3.63) is 90.9 Å². The van der Waals surface area contributed by atoms with Gasteiger partial charge in [-0.05, 0) is 350 Å². The Balaban J connectivity index is 0.000000135. The Kier molecular flexibility index (Phi) is 33.9. The fourth-order valence-corrected chi connectivity index (χ4v) is 26.3. The summed E-state index contributed by atoms with van der Waals surface area (Å²) >= 11 is 15.7. The Hall–Kier alpha value is 1.45. The lowest BCUT2D eigenvalue weighted by Crippen LogP contribution is -2.60. The Labute approximate surface area is 854 Å². The lowest BCUT2D eigenvalue weighted by Gasteiger charge is -2.44. The van der Waals surface area contributed by atoms with Crippen LogP contribution in [0.5, 0.6) is 0 Å². The summed E-state index contributed by atoms with van der Waals surface area (Å²) in [5.41, 5.74) is 2.06. The number of likely N-dealkylation sites (N-methyl/N-ethyl adjacent to an activating group) is 6. The van der Waals surface area contributed by atoms with Crippen LogP contribution in [0.15, 0.2) is 90.9 Å². The van der Waals surface area contributed by atoms with Crippen LogP contribution in [0.4, 0.5) is 0 Å². The van der Waals surface area contributed by atoms with E-state index in [1.165, 1.54) is 0 Å². The first-order valence-corrected chi connectivity index (χ1v) is 51.6. The van der Waals surface area contributed by atoms with Gasteiger partial charge in [0, 0.05) is 25.1 Å². The number of hydrogen-bond acceptors (Lipinski definition) is 33. The minimum atomic E-state index is -0.775. The van der Waals surface area contributed by atoms with Crippen LogP contribution in [0.2, 0.25) is 0 Å². The zero-order valence-electron chi connectivity index (χ0n) is 77.8.